The van der Waals surface area contributed by atoms with Crippen molar-refractivity contribution in [3.8, 4) is 17.1 Å². The van der Waals surface area contributed by atoms with Gasteiger partial charge in [0.1, 0.15) is 5.75 Å². The molecule has 0 saturated carbocycles. The molecule has 2 unspecified atom stereocenters. The molecule has 2 aromatic carbocycles. The Balaban J connectivity index is 1.73. The van der Waals surface area contributed by atoms with Crippen LogP contribution in [-0.2, 0) is 11.8 Å². The average molecular weight is 425 g/mol. The Morgan fingerprint density at radius 1 is 1.17 bits per heavy atom. The van der Waals surface area contributed by atoms with Gasteiger partial charge in [0.05, 0.1) is 12.4 Å². The number of thioether (sulfide) groups is 1. The van der Waals surface area contributed by atoms with Gasteiger partial charge in [-0.25, -0.2) is 0 Å². The van der Waals surface area contributed by atoms with E-state index in [0.717, 1.165) is 34.8 Å². The quantitative estimate of drug-likeness (QED) is 0.508. The lowest BCUT2D eigenvalue weighted by Gasteiger charge is -2.17. The van der Waals surface area contributed by atoms with Crippen molar-refractivity contribution in [2.75, 3.05) is 12.4 Å². The zero-order valence-corrected chi connectivity index (χ0v) is 18.9. The van der Waals surface area contributed by atoms with Crippen LogP contribution >= 0.6 is 11.8 Å². The highest BCUT2D eigenvalue weighted by atomic mass is 32.2. The lowest BCUT2D eigenvalue weighted by atomic mass is 9.97. The van der Waals surface area contributed by atoms with Crippen molar-refractivity contribution in [2.45, 2.75) is 43.5 Å². The van der Waals surface area contributed by atoms with Crippen LogP contribution in [-0.4, -0.2) is 33.0 Å². The van der Waals surface area contributed by atoms with Crippen LogP contribution in [0.4, 0.5) is 5.69 Å². The van der Waals surface area contributed by atoms with E-state index in [0.29, 0.717) is 11.1 Å². The predicted molar refractivity (Wildman–Crippen MR) is 122 cm³/mol. The maximum atomic E-state index is 12.8. The summed E-state index contributed by atoms with van der Waals surface area (Å²) in [5, 5.41) is 12.0. The minimum absolute atomic E-state index is 0.0540. The van der Waals surface area contributed by atoms with Crippen LogP contribution in [0.5, 0.6) is 5.75 Å². The van der Waals surface area contributed by atoms with Crippen LogP contribution < -0.4 is 10.1 Å². The molecule has 6 nitrogen and oxygen atoms in total. The summed E-state index contributed by atoms with van der Waals surface area (Å²) in [6, 6.07) is 15.7. The Labute approximate surface area is 182 Å². The normalized spacial score (nSPS) is 13.0. The van der Waals surface area contributed by atoms with Gasteiger partial charge in [0.25, 0.3) is 0 Å². The summed E-state index contributed by atoms with van der Waals surface area (Å²) in [5.74, 6) is 1.82. The molecular formula is C23H28N4O2S. The molecule has 0 fully saturated rings. The maximum Gasteiger partial charge on any atom is 0.237 e. The standard InChI is InChI=1S/C23H28N4O2S/c1-6-15(2)19-12-7-8-13-20(19)24-22(28)16(3)30-23-26-25-21(27(23)4)17-10-9-11-18(14-17)29-5/h7-16H,6H2,1-5H3,(H,24,28). The highest BCUT2D eigenvalue weighted by Gasteiger charge is 2.21. The van der Waals surface area contributed by atoms with Crippen LogP contribution in [0.25, 0.3) is 11.4 Å². The molecule has 0 aliphatic rings. The van der Waals surface area contributed by atoms with Gasteiger partial charge < -0.3 is 14.6 Å². The molecule has 2 atom stereocenters. The van der Waals surface area contributed by atoms with Crippen molar-refractivity contribution in [2.24, 2.45) is 7.05 Å². The highest BCUT2D eigenvalue weighted by Crippen LogP contribution is 2.30. The molecule has 1 heterocycles. The monoisotopic (exact) mass is 424 g/mol. The predicted octanol–water partition coefficient (Wildman–Crippen LogP) is 5.12. The second-order valence-electron chi connectivity index (χ2n) is 7.24. The van der Waals surface area contributed by atoms with Crippen LogP contribution in [0.2, 0.25) is 0 Å². The molecule has 0 bridgehead atoms. The number of carbonyl (C=O) groups excluding carboxylic acids is 1. The molecule has 1 N–H and O–H groups in total. The average Bonchev–Trinajstić information content (AvgIpc) is 3.13. The Morgan fingerprint density at radius 2 is 1.93 bits per heavy atom. The Bertz CT molecular complexity index is 1020. The lowest BCUT2D eigenvalue weighted by Crippen LogP contribution is -2.23. The van der Waals surface area contributed by atoms with Crippen molar-refractivity contribution in [1.29, 1.82) is 0 Å². The van der Waals surface area contributed by atoms with E-state index >= 15 is 0 Å². The lowest BCUT2D eigenvalue weighted by molar-refractivity contribution is -0.115. The molecule has 0 radical (unpaired) electrons. The molecule has 1 amide bonds. The fraction of sp³-hybridized carbons (Fsp3) is 0.348. The summed E-state index contributed by atoms with van der Waals surface area (Å²) < 4.78 is 7.19. The molecule has 30 heavy (non-hydrogen) atoms. The first-order valence-corrected chi connectivity index (χ1v) is 10.9. The molecule has 0 spiro atoms. The molecular weight excluding hydrogens is 396 g/mol. The summed E-state index contributed by atoms with van der Waals surface area (Å²) in [7, 11) is 3.54. The van der Waals surface area contributed by atoms with Gasteiger partial charge in [-0.3, -0.25) is 4.79 Å². The number of amides is 1. The molecule has 1 aromatic heterocycles. The number of anilines is 1. The van der Waals surface area contributed by atoms with E-state index in [2.05, 4.69) is 35.4 Å². The van der Waals surface area contributed by atoms with E-state index in [1.807, 2.05) is 61.0 Å². The molecule has 3 aromatic rings. The van der Waals surface area contributed by atoms with Gasteiger partial charge in [-0.15, -0.1) is 10.2 Å². The molecule has 0 aliphatic heterocycles. The van der Waals surface area contributed by atoms with Gasteiger partial charge in [-0.05, 0) is 43.0 Å². The second-order valence-corrected chi connectivity index (χ2v) is 8.55. The van der Waals surface area contributed by atoms with Crippen molar-refractivity contribution in [3.05, 3.63) is 54.1 Å². The number of ether oxygens (including phenoxy) is 1. The number of nitrogens with one attached hydrogen (secondary N) is 1. The summed E-state index contributed by atoms with van der Waals surface area (Å²) >= 11 is 1.39. The van der Waals surface area contributed by atoms with Crippen LogP contribution in [0.3, 0.4) is 0 Å². The molecule has 158 valence electrons. The zero-order chi connectivity index (χ0) is 21.7. The van der Waals surface area contributed by atoms with Crippen LogP contribution in [0.1, 0.15) is 38.7 Å². The molecule has 0 aliphatic carbocycles. The number of rotatable bonds is 8. The number of nitrogens with zero attached hydrogens (tertiary/aromatic N) is 3. The van der Waals surface area contributed by atoms with Gasteiger partial charge >= 0.3 is 0 Å². The SMILES string of the molecule is CCC(C)c1ccccc1NC(=O)C(C)Sc1nnc(-c2cccc(OC)c2)n1C. The van der Waals surface area contributed by atoms with Crippen molar-refractivity contribution < 1.29 is 9.53 Å². The molecule has 0 saturated heterocycles. The Morgan fingerprint density at radius 3 is 2.67 bits per heavy atom. The highest BCUT2D eigenvalue weighted by molar-refractivity contribution is 8.00. The minimum Gasteiger partial charge on any atom is -0.497 e. The first kappa shape index (κ1) is 21.9. The topological polar surface area (TPSA) is 69.0 Å². The number of hydrogen-bond acceptors (Lipinski definition) is 5. The Hall–Kier alpha value is -2.80. The first-order chi connectivity index (χ1) is 14.4. The fourth-order valence-corrected chi connectivity index (χ4v) is 3.95. The smallest absolute Gasteiger partial charge is 0.237 e. The van der Waals surface area contributed by atoms with E-state index in [9.17, 15) is 4.79 Å². The Kier molecular flexibility index (Phi) is 7.15. The number of hydrogen-bond donors (Lipinski definition) is 1. The van der Waals surface area contributed by atoms with Crippen molar-refractivity contribution in [3.63, 3.8) is 0 Å². The number of para-hydroxylation sites is 1. The van der Waals surface area contributed by atoms with Gasteiger partial charge in [0.15, 0.2) is 11.0 Å². The third-order valence-corrected chi connectivity index (χ3v) is 6.31. The first-order valence-electron chi connectivity index (χ1n) is 10.0. The van der Waals surface area contributed by atoms with E-state index in [-0.39, 0.29) is 11.2 Å². The number of methoxy groups -OCH3 is 1. The molecule has 3 rings (SSSR count). The minimum atomic E-state index is -0.323. The summed E-state index contributed by atoms with van der Waals surface area (Å²) in [6.07, 6.45) is 1.02. The van der Waals surface area contributed by atoms with Gasteiger partial charge in [-0.2, -0.15) is 0 Å². The van der Waals surface area contributed by atoms with Gasteiger partial charge in [0, 0.05) is 18.3 Å². The van der Waals surface area contributed by atoms with E-state index in [1.54, 1.807) is 7.11 Å². The fourth-order valence-electron chi connectivity index (χ4n) is 3.14. The van der Waals surface area contributed by atoms with Gasteiger partial charge in [-0.1, -0.05) is 55.9 Å². The maximum absolute atomic E-state index is 12.8. The second kappa shape index (κ2) is 9.80. The molecule has 7 heteroatoms. The number of benzene rings is 2. The summed E-state index contributed by atoms with van der Waals surface area (Å²) in [4.78, 5) is 12.8. The van der Waals surface area contributed by atoms with E-state index in [1.165, 1.54) is 11.8 Å². The number of aromatic nitrogens is 3. The largest absolute Gasteiger partial charge is 0.497 e. The van der Waals surface area contributed by atoms with Crippen molar-refractivity contribution >= 4 is 23.4 Å². The summed E-state index contributed by atoms with van der Waals surface area (Å²) in [5.41, 5.74) is 2.94. The van der Waals surface area contributed by atoms with E-state index < -0.39 is 0 Å². The summed E-state index contributed by atoms with van der Waals surface area (Å²) in [6.45, 7) is 6.20. The van der Waals surface area contributed by atoms with Gasteiger partial charge in [0.2, 0.25) is 5.91 Å². The zero-order valence-electron chi connectivity index (χ0n) is 18.0. The third-order valence-electron chi connectivity index (χ3n) is 5.18. The van der Waals surface area contributed by atoms with E-state index in [4.69, 9.17) is 4.74 Å². The third kappa shape index (κ3) is 4.84. The van der Waals surface area contributed by atoms with Crippen LogP contribution in [0.15, 0.2) is 53.7 Å². The van der Waals surface area contributed by atoms with Crippen LogP contribution in [0, 0.1) is 0 Å². The number of carbonyl (C=O) groups is 1. The van der Waals surface area contributed by atoms with Crippen molar-refractivity contribution in [1.82, 2.24) is 14.8 Å².